The maximum absolute atomic E-state index is 11.2. The molecule has 0 heterocycles. The van der Waals surface area contributed by atoms with Crippen LogP contribution in [0.1, 0.15) is 18.1 Å². The van der Waals surface area contributed by atoms with Gasteiger partial charge in [-0.05, 0) is 30.5 Å². The van der Waals surface area contributed by atoms with Gasteiger partial charge in [0, 0.05) is 5.69 Å². The molecule has 0 spiro atoms. The van der Waals surface area contributed by atoms with Gasteiger partial charge in [-0.2, -0.15) is 0 Å². The average molecular weight is 189 g/mol. The van der Waals surface area contributed by atoms with Crippen LogP contribution in [0.15, 0.2) is 30.9 Å². The summed E-state index contributed by atoms with van der Waals surface area (Å²) in [5.74, 6) is -0.158. The van der Waals surface area contributed by atoms with Crippen LogP contribution in [-0.2, 0) is 11.2 Å². The summed E-state index contributed by atoms with van der Waals surface area (Å²) in [6.45, 7) is 7.48. The van der Waals surface area contributed by atoms with Crippen molar-refractivity contribution >= 4 is 11.6 Å². The van der Waals surface area contributed by atoms with Gasteiger partial charge < -0.3 is 5.32 Å². The van der Waals surface area contributed by atoms with E-state index in [1.165, 1.54) is 6.08 Å². The highest BCUT2D eigenvalue weighted by Gasteiger charge is 2.05. The molecule has 0 radical (unpaired) electrons. The van der Waals surface area contributed by atoms with E-state index in [1.54, 1.807) is 0 Å². The first-order chi connectivity index (χ1) is 6.69. The van der Waals surface area contributed by atoms with Crippen molar-refractivity contribution in [1.29, 1.82) is 0 Å². The van der Waals surface area contributed by atoms with E-state index in [1.807, 2.05) is 25.1 Å². The van der Waals surface area contributed by atoms with E-state index < -0.39 is 0 Å². The lowest BCUT2D eigenvalue weighted by molar-refractivity contribution is -0.111. The molecule has 0 fully saturated rings. The lowest BCUT2D eigenvalue weighted by Crippen LogP contribution is -2.10. The van der Waals surface area contributed by atoms with Crippen LogP contribution in [0.2, 0.25) is 0 Å². The molecule has 0 saturated carbocycles. The molecular weight excluding hydrogens is 174 g/mol. The van der Waals surface area contributed by atoms with E-state index in [9.17, 15) is 4.79 Å². The van der Waals surface area contributed by atoms with Crippen molar-refractivity contribution in [3.8, 4) is 0 Å². The summed E-state index contributed by atoms with van der Waals surface area (Å²) in [6.07, 6.45) is 2.19. The Morgan fingerprint density at radius 2 is 2.29 bits per heavy atom. The molecule has 0 aliphatic carbocycles. The normalized spacial score (nSPS) is 9.57. The van der Waals surface area contributed by atoms with E-state index in [4.69, 9.17) is 0 Å². The molecule has 2 nitrogen and oxygen atoms in total. The lowest BCUT2D eigenvalue weighted by atomic mass is 10.1. The number of anilines is 1. The average Bonchev–Trinajstić information content (AvgIpc) is 2.20. The molecule has 1 amide bonds. The van der Waals surface area contributed by atoms with Crippen molar-refractivity contribution < 1.29 is 4.79 Å². The first-order valence-corrected chi connectivity index (χ1v) is 4.71. The summed E-state index contributed by atoms with van der Waals surface area (Å²) in [5, 5.41) is 2.82. The van der Waals surface area contributed by atoms with Crippen LogP contribution in [0.25, 0.3) is 0 Å². The SMILES string of the molecule is C=CC(=O)Nc1c(C)cccc1CC. The third-order valence-electron chi connectivity index (χ3n) is 2.17. The molecule has 14 heavy (non-hydrogen) atoms. The standard InChI is InChI=1S/C12H15NO/c1-4-10-8-6-7-9(3)12(10)13-11(14)5-2/h5-8H,2,4H2,1,3H3,(H,13,14). The van der Waals surface area contributed by atoms with Gasteiger partial charge in [-0.3, -0.25) is 4.79 Å². The second-order valence-electron chi connectivity index (χ2n) is 3.16. The summed E-state index contributed by atoms with van der Waals surface area (Å²) in [7, 11) is 0. The van der Waals surface area contributed by atoms with Crippen LogP contribution in [0, 0.1) is 6.92 Å². The highest BCUT2D eigenvalue weighted by molar-refractivity contribution is 5.99. The number of hydrogen-bond donors (Lipinski definition) is 1. The summed E-state index contributed by atoms with van der Waals surface area (Å²) in [5.41, 5.74) is 3.15. The van der Waals surface area contributed by atoms with E-state index in [2.05, 4.69) is 18.8 Å². The summed E-state index contributed by atoms with van der Waals surface area (Å²) in [4.78, 5) is 11.2. The fourth-order valence-electron chi connectivity index (χ4n) is 1.38. The summed E-state index contributed by atoms with van der Waals surface area (Å²) < 4.78 is 0. The molecule has 1 aromatic rings. The van der Waals surface area contributed by atoms with E-state index in [0.717, 1.165) is 23.2 Å². The zero-order chi connectivity index (χ0) is 10.6. The van der Waals surface area contributed by atoms with Crippen molar-refractivity contribution in [2.75, 3.05) is 5.32 Å². The number of aryl methyl sites for hydroxylation is 2. The zero-order valence-electron chi connectivity index (χ0n) is 8.63. The van der Waals surface area contributed by atoms with Crippen molar-refractivity contribution in [3.63, 3.8) is 0 Å². The maximum atomic E-state index is 11.2. The quantitative estimate of drug-likeness (QED) is 0.728. The van der Waals surface area contributed by atoms with E-state index in [0.29, 0.717) is 0 Å². The minimum atomic E-state index is -0.158. The Morgan fingerprint density at radius 3 is 2.86 bits per heavy atom. The first kappa shape index (κ1) is 10.5. The molecule has 0 aliphatic rings. The number of amides is 1. The van der Waals surface area contributed by atoms with Gasteiger partial charge in [0.05, 0.1) is 0 Å². The molecule has 1 rings (SSSR count). The van der Waals surface area contributed by atoms with Gasteiger partial charge in [0.25, 0.3) is 0 Å². The maximum Gasteiger partial charge on any atom is 0.247 e. The second kappa shape index (κ2) is 4.61. The Hall–Kier alpha value is -1.57. The van der Waals surface area contributed by atoms with Crippen LogP contribution < -0.4 is 5.32 Å². The fraction of sp³-hybridized carbons (Fsp3) is 0.250. The van der Waals surface area contributed by atoms with Gasteiger partial charge in [-0.1, -0.05) is 31.7 Å². The predicted octanol–water partition coefficient (Wildman–Crippen LogP) is 2.68. The Labute approximate surface area is 84.6 Å². The Kier molecular flexibility index (Phi) is 3.46. The topological polar surface area (TPSA) is 29.1 Å². The van der Waals surface area contributed by atoms with Crippen molar-refractivity contribution in [1.82, 2.24) is 0 Å². The molecular formula is C12H15NO. The fourth-order valence-corrected chi connectivity index (χ4v) is 1.38. The Balaban J connectivity index is 3.04. The minimum absolute atomic E-state index is 0.158. The number of nitrogens with one attached hydrogen (secondary N) is 1. The number of carbonyl (C=O) groups excluding carboxylic acids is 1. The smallest absolute Gasteiger partial charge is 0.247 e. The van der Waals surface area contributed by atoms with Crippen LogP contribution in [-0.4, -0.2) is 5.91 Å². The van der Waals surface area contributed by atoms with Gasteiger partial charge >= 0.3 is 0 Å². The van der Waals surface area contributed by atoms with Crippen molar-refractivity contribution in [2.24, 2.45) is 0 Å². The van der Waals surface area contributed by atoms with Gasteiger partial charge in [0.15, 0.2) is 0 Å². The molecule has 0 aliphatic heterocycles. The molecule has 0 aromatic heterocycles. The van der Waals surface area contributed by atoms with Crippen LogP contribution in [0.3, 0.4) is 0 Å². The van der Waals surface area contributed by atoms with Gasteiger partial charge in [0.1, 0.15) is 0 Å². The van der Waals surface area contributed by atoms with Crippen LogP contribution in [0.4, 0.5) is 5.69 Å². The highest BCUT2D eigenvalue weighted by Crippen LogP contribution is 2.20. The molecule has 1 aromatic carbocycles. The number of benzene rings is 1. The monoisotopic (exact) mass is 189 g/mol. The molecule has 0 unspecified atom stereocenters. The number of rotatable bonds is 3. The molecule has 74 valence electrons. The van der Waals surface area contributed by atoms with E-state index >= 15 is 0 Å². The predicted molar refractivity (Wildman–Crippen MR) is 59.4 cm³/mol. The van der Waals surface area contributed by atoms with E-state index in [-0.39, 0.29) is 5.91 Å². The molecule has 0 saturated heterocycles. The van der Waals surface area contributed by atoms with Crippen molar-refractivity contribution in [3.05, 3.63) is 42.0 Å². The van der Waals surface area contributed by atoms with Crippen LogP contribution in [0.5, 0.6) is 0 Å². The van der Waals surface area contributed by atoms with Crippen LogP contribution >= 0.6 is 0 Å². The third-order valence-corrected chi connectivity index (χ3v) is 2.17. The largest absolute Gasteiger partial charge is 0.322 e. The summed E-state index contributed by atoms with van der Waals surface area (Å²) >= 11 is 0. The van der Waals surface area contributed by atoms with Gasteiger partial charge in [-0.25, -0.2) is 0 Å². The molecule has 0 atom stereocenters. The lowest BCUT2D eigenvalue weighted by Gasteiger charge is -2.11. The number of hydrogen-bond acceptors (Lipinski definition) is 1. The molecule has 0 bridgehead atoms. The zero-order valence-corrected chi connectivity index (χ0v) is 8.63. The third kappa shape index (κ3) is 2.22. The number of carbonyl (C=O) groups is 1. The minimum Gasteiger partial charge on any atom is -0.322 e. The van der Waals surface area contributed by atoms with Gasteiger partial charge in [-0.15, -0.1) is 0 Å². The molecule has 1 N–H and O–H groups in total. The highest BCUT2D eigenvalue weighted by atomic mass is 16.1. The Bertz CT molecular complexity index is 355. The Morgan fingerprint density at radius 1 is 1.57 bits per heavy atom. The second-order valence-corrected chi connectivity index (χ2v) is 3.16. The van der Waals surface area contributed by atoms with Gasteiger partial charge in [0.2, 0.25) is 5.91 Å². The molecule has 2 heteroatoms. The number of para-hydroxylation sites is 1. The van der Waals surface area contributed by atoms with Crippen molar-refractivity contribution in [2.45, 2.75) is 20.3 Å². The first-order valence-electron chi connectivity index (χ1n) is 4.71. The summed E-state index contributed by atoms with van der Waals surface area (Å²) in [6, 6.07) is 6.00.